The number of carbonyl (C=O) groups is 1. The van der Waals surface area contributed by atoms with E-state index in [0.29, 0.717) is 18.5 Å². The van der Waals surface area contributed by atoms with Crippen molar-refractivity contribution < 1.29 is 9.53 Å². The molecule has 2 aromatic heterocycles. The second-order valence-corrected chi connectivity index (χ2v) is 5.45. The van der Waals surface area contributed by atoms with Crippen LogP contribution in [-0.4, -0.2) is 51.7 Å². The molecule has 3 aromatic rings. The first-order valence-corrected chi connectivity index (χ1v) is 7.36. The topological polar surface area (TPSA) is 86.9 Å². The van der Waals surface area contributed by atoms with Gasteiger partial charge in [0.05, 0.1) is 29.9 Å². The molecule has 0 saturated carbocycles. The van der Waals surface area contributed by atoms with Crippen molar-refractivity contribution in [1.82, 2.24) is 25.1 Å². The number of benzene rings is 1. The molecule has 0 aliphatic heterocycles. The van der Waals surface area contributed by atoms with Crippen molar-refractivity contribution in [3.63, 3.8) is 0 Å². The Kier molecular flexibility index (Phi) is 4.01. The molecule has 7 heteroatoms. The van der Waals surface area contributed by atoms with Gasteiger partial charge in [0.1, 0.15) is 11.6 Å². The van der Waals surface area contributed by atoms with Crippen LogP contribution in [0.3, 0.4) is 0 Å². The van der Waals surface area contributed by atoms with E-state index in [4.69, 9.17) is 4.74 Å². The summed E-state index contributed by atoms with van der Waals surface area (Å²) in [6.07, 6.45) is 2.21. The summed E-state index contributed by atoms with van der Waals surface area (Å²) in [6.45, 7) is 2.40. The molecule has 0 unspecified atom stereocenters. The number of imidazole rings is 1. The highest BCUT2D eigenvalue weighted by Crippen LogP contribution is 2.19. The largest absolute Gasteiger partial charge is 0.497 e. The van der Waals surface area contributed by atoms with Crippen molar-refractivity contribution in [3.05, 3.63) is 41.5 Å². The van der Waals surface area contributed by atoms with E-state index in [1.54, 1.807) is 25.3 Å². The molecule has 0 radical (unpaired) electrons. The minimum atomic E-state index is -0.0472. The molecule has 120 valence electrons. The molecule has 0 bridgehead atoms. The third-order valence-electron chi connectivity index (χ3n) is 3.83. The molecular weight excluding hydrogens is 294 g/mol. The number of methoxy groups -OCH3 is 1. The van der Waals surface area contributed by atoms with Crippen molar-refractivity contribution >= 4 is 16.9 Å². The second-order valence-electron chi connectivity index (χ2n) is 5.45. The number of ether oxygens (including phenoxy) is 1. The van der Waals surface area contributed by atoms with Gasteiger partial charge in [-0.05, 0) is 19.1 Å². The Morgan fingerprint density at radius 2 is 2.22 bits per heavy atom. The van der Waals surface area contributed by atoms with Crippen LogP contribution in [0.4, 0.5) is 0 Å². The molecular formula is C16H19N5O2. The molecule has 0 spiro atoms. The van der Waals surface area contributed by atoms with Gasteiger partial charge in [-0.2, -0.15) is 5.10 Å². The maximum Gasteiger partial charge on any atom is 0.257 e. The lowest BCUT2D eigenvalue weighted by Gasteiger charge is -2.15. The number of amides is 1. The van der Waals surface area contributed by atoms with Crippen molar-refractivity contribution in [2.45, 2.75) is 13.3 Å². The third-order valence-corrected chi connectivity index (χ3v) is 3.83. The molecule has 1 amide bonds. The van der Waals surface area contributed by atoms with Crippen LogP contribution in [0.1, 0.15) is 21.9 Å². The maximum absolute atomic E-state index is 12.3. The van der Waals surface area contributed by atoms with Gasteiger partial charge >= 0.3 is 0 Å². The summed E-state index contributed by atoms with van der Waals surface area (Å²) in [5.41, 5.74) is 3.19. The number of aromatic amines is 2. The summed E-state index contributed by atoms with van der Waals surface area (Å²) < 4.78 is 5.20. The van der Waals surface area contributed by atoms with Crippen LogP contribution in [0.15, 0.2) is 24.4 Å². The summed E-state index contributed by atoms with van der Waals surface area (Å²) in [6, 6.07) is 5.71. The van der Waals surface area contributed by atoms with E-state index in [2.05, 4.69) is 20.2 Å². The second kappa shape index (κ2) is 6.12. The summed E-state index contributed by atoms with van der Waals surface area (Å²) >= 11 is 0. The van der Waals surface area contributed by atoms with Crippen LogP contribution < -0.4 is 4.74 Å². The highest BCUT2D eigenvalue weighted by Gasteiger charge is 2.16. The predicted molar refractivity (Wildman–Crippen MR) is 86.6 cm³/mol. The van der Waals surface area contributed by atoms with E-state index >= 15 is 0 Å². The molecule has 1 aromatic carbocycles. The smallest absolute Gasteiger partial charge is 0.257 e. The number of nitrogens with zero attached hydrogens (tertiary/aromatic N) is 3. The Morgan fingerprint density at radius 3 is 2.91 bits per heavy atom. The van der Waals surface area contributed by atoms with Crippen LogP contribution in [0.5, 0.6) is 5.75 Å². The fraction of sp³-hybridized carbons (Fsp3) is 0.312. The first kappa shape index (κ1) is 15.1. The normalized spacial score (nSPS) is 10.9. The Hall–Kier alpha value is -2.83. The fourth-order valence-electron chi connectivity index (χ4n) is 2.43. The zero-order valence-corrected chi connectivity index (χ0v) is 13.4. The SMILES string of the molecule is COc1ccc2nc(CCN(C)C(=O)c3cn[nH]c3C)[nH]c2c1. The highest BCUT2D eigenvalue weighted by molar-refractivity contribution is 5.94. The van der Waals surface area contributed by atoms with E-state index in [0.717, 1.165) is 28.3 Å². The number of hydrogen-bond acceptors (Lipinski definition) is 4. The molecule has 2 heterocycles. The van der Waals surface area contributed by atoms with Crippen molar-refractivity contribution in [2.75, 3.05) is 20.7 Å². The summed E-state index contributed by atoms with van der Waals surface area (Å²) in [4.78, 5) is 21.8. The van der Waals surface area contributed by atoms with Gasteiger partial charge in [-0.1, -0.05) is 0 Å². The van der Waals surface area contributed by atoms with Crippen LogP contribution in [0.25, 0.3) is 11.0 Å². The van der Waals surface area contributed by atoms with E-state index in [-0.39, 0.29) is 5.91 Å². The molecule has 3 rings (SSSR count). The summed E-state index contributed by atoms with van der Waals surface area (Å²) in [5, 5.41) is 6.66. The molecule has 0 saturated heterocycles. The van der Waals surface area contributed by atoms with E-state index in [9.17, 15) is 4.79 Å². The van der Waals surface area contributed by atoms with Crippen molar-refractivity contribution in [2.24, 2.45) is 0 Å². The van der Waals surface area contributed by atoms with Crippen LogP contribution in [0.2, 0.25) is 0 Å². The van der Waals surface area contributed by atoms with Gasteiger partial charge in [0.15, 0.2) is 0 Å². The van der Waals surface area contributed by atoms with Crippen molar-refractivity contribution in [3.8, 4) is 5.75 Å². The van der Waals surface area contributed by atoms with Gasteiger partial charge in [0, 0.05) is 31.8 Å². The zero-order chi connectivity index (χ0) is 16.4. The lowest BCUT2D eigenvalue weighted by molar-refractivity contribution is 0.0795. The van der Waals surface area contributed by atoms with E-state index < -0.39 is 0 Å². The average molecular weight is 313 g/mol. The zero-order valence-electron chi connectivity index (χ0n) is 13.4. The number of nitrogens with one attached hydrogen (secondary N) is 2. The molecule has 23 heavy (non-hydrogen) atoms. The van der Waals surface area contributed by atoms with Gasteiger partial charge in [-0.3, -0.25) is 9.89 Å². The Morgan fingerprint density at radius 1 is 1.39 bits per heavy atom. The van der Waals surface area contributed by atoms with E-state index in [1.165, 1.54) is 0 Å². The van der Waals surface area contributed by atoms with Crippen LogP contribution in [0, 0.1) is 6.92 Å². The standard InChI is InChI=1S/C16H19N5O2/c1-10-12(9-17-20-10)16(22)21(2)7-6-15-18-13-5-4-11(23-3)8-14(13)19-15/h4-5,8-9H,6-7H2,1-3H3,(H,17,20)(H,18,19). The predicted octanol–water partition coefficient (Wildman–Crippen LogP) is 1.92. The molecule has 7 nitrogen and oxygen atoms in total. The number of aromatic nitrogens is 4. The fourth-order valence-corrected chi connectivity index (χ4v) is 2.43. The summed E-state index contributed by atoms with van der Waals surface area (Å²) in [7, 11) is 3.41. The monoisotopic (exact) mass is 313 g/mol. The number of hydrogen-bond donors (Lipinski definition) is 2. The van der Waals surface area contributed by atoms with Gasteiger partial charge in [0.2, 0.25) is 0 Å². The van der Waals surface area contributed by atoms with Crippen LogP contribution in [-0.2, 0) is 6.42 Å². The average Bonchev–Trinajstić information content (AvgIpc) is 3.16. The molecule has 2 N–H and O–H groups in total. The van der Waals surface area contributed by atoms with Crippen LogP contribution >= 0.6 is 0 Å². The molecule has 0 aliphatic carbocycles. The first-order valence-electron chi connectivity index (χ1n) is 7.36. The Bertz CT molecular complexity index is 836. The molecule has 0 aliphatic rings. The van der Waals surface area contributed by atoms with Gasteiger partial charge < -0.3 is 14.6 Å². The minimum Gasteiger partial charge on any atom is -0.497 e. The van der Waals surface area contributed by atoms with Gasteiger partial charge in [-0.25, -0.2) is 4.98 Å². The Labute approximate surface area is 133 Å². The van der Waals surface area contributed by atoms with Crippen molar-refractivity contribution in [1.29, 1.82) is 0 Å². The molecule has 0 atom stereocenters. The molecule has 0 fully saturated rings. The number of rotatable bonds is 5. The minimum absolute atomic E-state index is 0.0472. The number of H-pyrrole nitrogens is 2. The number of fused-ring (bicyclic) bond motifs is 1. The van der Waals surface area contributed by atoms with Gasteiger partial charge in [0.25, 0.3) is 5.91 Å². The lowest BCUT2D eigenvalue weighted by atomic mass is 10.2. The lowest BCUT2D eigenvalue weighted by Crippen LogP contribution is -2.29. The highest BCUT2D eigenvalue weighted by atomic mass is 16.5. The Balaban J connectivity index is 1.68. The summed E-state index contributed by atoms with van der Waals surface area (Å²) in [5.74, 6) is 1.58. The van der Waals surface area contributed by atoms with E-state index in [1.807, 2.05) is 25.1 Å². The first-order chi connectivity index (χ1) is 11.1. The maximum atomic E-state index is 12.3. The number of carbonyl (C=O) groups excluding carboxylic acids is 1. The quantitative estimate of drug-likeness (QED) is 0.753. The number of likely N-dealkylation sites (N-methyl/N-ethyl adjacent to an activating group) is 1. The third kappa shape index (κ3) is 3.03. The number of aryl methyl sites for hydroxylation is 1. The van der Waals surface area contributed by atoms with Gasteiger partial charge in [-0.15, -0.1) is 0 Å².